The van der Waals surface area contributed by atoms with Crippen molar-refractivity contribution in [3.63, 3.8) is 0 Å². The van der Waals surface area contributed by atoms with Gasteiger partial charge in [-0.15, -0.1) is 11.3 Å². The summed E-state index contributed by atoms with van der Waals surface area (Å²) in [6.07, 6.45) is 1.13. The minimum Gasteiger partial charge on any atom is -0.397 e. The molecule has 16 heavy (non-hydrogen) atoms. The van der Waals surface area contributed by atoms with Crippen LogP contribution in [-0.2, 0) is 0 Å². The molecule has 2 aromatic rings. The molecule has 0 aromatic carbocycles. The second-order valence-corrected chi connectivity index (χ2v) is 5.82. The van der Waals surface area contributed by atoms with E-state index < -0.39 is 0 Å². The first-order valence-electron chi connectivity index (χ1n) is 5.25. The summed E-state index contributed by atoms with van der Waals surface area (Å²) in [5.74, 6) is 1.80. The summed E-state index contributed by atoms with van der Waals surface area (Å²) < 4.78 is 5.25. The molecule has 3 rings (SSSR count). The molecule has 0 saturated heterocycles. The minimum absolute atomic E-state index is 0.322. The average molecular weight is 235 g/mol. The molecular formula is C11H13N3OS. The van der Waals surface area contributed by atoms with Crippen molar-refractivity contribution in [1.29, 1.82) is 0 Å². The van der Waals surface area contributed by atoms with Gasteiger partial charge in [0.05, 0.1) is 5.69 Å². The van der Waals surface area contributed by atoms with Crippen LogP contribution in [0.2, 0.25) is 0 Å². The van der Waals surface area contributed by atoms with E-state index in [0.29, 0.717) is 22.9 Å². The molecule has 84 valence electrons. The van der Waals surface area contributed by atoms with E-state index in [1.807, 2.05) is 11.4 Å². The lowest BCUT2D eigenvalue weighted by Gasteiger charge is -1.95. The third-order valence-corrected chi connectivity index (χ3v) is 4.07. The van der Waals surface area contributed by atoms with E-state index in [-0.39, 0.29) is 0 Å². The Morgan fingerprint density at radius 3 is 2.88 bits per heavy atom. The molecule has 2 aromatic heterocycles. The summed E-state index contributed by atoms with van der Waals surface area (Å²) >= 11 is 1.53. The molecule has 1 saturated carbocycles. The fourth-order valence-corrected chi connectivity index (χ4v) is 2.61. The highest BCUT2D eigenvalue weighted by atomic mass is 32.1. The highest BCUT2D eigenvalue weighted by Gasteiger charge is 2.49. The number of nitrogens with two attached hydrogens (primary N) is 1. The van der Waals surface area contributed by atoms with Gasteiger partial charge < -0.3 is 10.3 Å². The molecule has 5 heteroatoms. The molecule has 4 nitrogen and oxygen atoms in total. The first-order valence-corrected chi connectivity index (χ1v) is 6.13. The fourth-order valence-electron chi connectivity index (χ4n) is 1.87. The number of thiophene rings is 1. The van der Waals surface area contributed by atoms with Crippen molar-refractivity contribution < 1.29 is 4.52 Å². The Bertz CT molecular complexity index is 529. The molecule has 0 spiro atoms. The van der Waals surface area contributed by atoms with E-state index in [2.05, 4.69) is 24.0 Å². The summed E-state index contributed by atoms with van der Waals surface area (Å²) in [5.41, 5.74) is 6.84. The number of anilines is 1. The molecule has 1 atom stereocenters. The molecule has 1 aliphatic rings. The zero-order valence-electron chi connectivity index (χ0n) is 9.23. The van der Waals surface area contributed by atoms with Crippen LogP contribution in [0.5, 0.6) is 0 Å². The van der Waals surface area contributed by atoms with Gasteiger partial charge >= 0.3 is 0 Å². The molecule has 1 unspecified atom stereocenters. The maximum Gasteiger partial charge on any atom is 0.270 e. The van der Waals surface area contributed by atoms with Crippen molar-refractivity contribution >= 4 is 17.0 Å². The van der Waals surface area contributed by atoms with E-state index >= 15 is 0 Å². The lowest BCUT2D eigenvalue weighted by Crippen LogP contribution is -1.91. The number of hydrogen-bond acceptors (Lipinski definition) is 5. The van der Waals surface area contributed by atoms with E-state index in [0.717, 1.165) is 17.1 Å². The van der Waals surface area contributed by atoms with Crippen molar-refractivity contribution in [3.8, 4) is 10.8 Å². The molecule has 2 N–H and O–H groups in total. The smallest absolute Gasteiger partial charge is 0.270 e. The predicted molar refractivity (Wildman–Crippen MR) is 63.2 cm³/mol. The molecule has 2 heterocycles. The molecule has 1 fully saturated rings. The second kappa shape index (κ2) is 3.07. The normalized spacial score (nSPS) is 22.2. The van der Waals surface area contributed by atoms with E-state index in [9.17, 15) is 0 Å². The Morgan fingerprint density at radius 2 is 2.31 bits per heavy atom. The molecule has 0 amide bonds. The van der Waals surface area contributed by atoms with Crippen molar-refractivity contribution in [3.05, 3.63) is 17.3 Å². The van der Waals surface area contributed by atoms with Crippen LogP contribution < -0.4 is 5.73 Å². The summed E-state index contributed by atoms with van der Waals surface area (Å²) in [7, 11) is 0. The molecule has 0 radical (unpaired) electrons. The third kappa shape index (κ3) is 1.43. The first kappa shape index (κ1) is 9.84. The molecular weight excluding hydrogens is 222 g/mol. The highest BCUT2D eigenvalue weighted by molar-refractivity contribution is 7.14. The Morgan fingerprint density at radius 1 is 1.56 bits per heavy atom. The van der Waals surface area contributed by atoms with E-state index in [4.69, 9.17) is 10.3 Å². The minimum atomic E-state index is 0.322. The zero-order chi connectivity index (χ0) is 11.3. The number of rotatable bonds is 2. The van der Waals surface area contributed by atoms with Gasteiger partial charge in [0.2, 0.25) is 0 Å². The summed E-state index contributed by atoms with van der Waals surface area (Å²) in [4.78, 5) is 5.30. The van der Waals surface area contributed by atoms with Crippen LogP contribution >= 0.6 is 11.3 Å². The van der Waals surface area contributed by atoms with Gasteiger partial charge in [0.25, 0.3) is 5.89 Å². The fraction of sp³-hybridized carbons (Fsp3) is 0.455. The van der Waals surface area contributed by atoms with Gasteiger partial charge in [-0.3, -0.25) is 0 Å². The van der Waals surface area contributed by atoms with Gasteiger partial charge in [-0.25, -0.2) is 0 Å². The van der Waals surface area contributed by atoms with Crippen LogP contribution in [0.25, 0.3) is 10.8 Å². The summed E-state index contributed by atoms with van der Waals surface area (Å²) in [6.45, 7) is 4.43. The first-order chi connectivity index (χ1) is 7.58. The lowest BCUT2D eigenvalue weighted by molar-refractivity contribution is 0.420. The van der Waals surface area contributed by atoms with Crippen molar-refractivity contribution in [2.45, 2.75) is 26.2 Å². The zero-order valence-corrected chi connectivity index (χ0v) is 10.0. The summed E-state index contributed by atoms with van der Waals surface area (Å²) in [6, 6.07) is 1.85. The highest BCUT2D eigenvalue weighted by Crippen LogP contribution is 2.57. The average Bonchev–Trinajstić information content (AvgIpc) is 2.67. The van der Waals surface area contributed by atoms with Crippen molar-refractivity contribution in [1.82, 2.24) is 10.1 Å². The number of nitrogen functional groups attached to an aromatic ring is 1. The van der Waals surface area contributed by atoms with Gasteiger partial charge in [-0.1, -0.05) is 19.0 Å². The SMILES string of the molecule is CC1(C)CC1c1noc(-c2sccc2N)n1. The monoisotopic (exact) mass is 235 g/mol. The van der Waals surface area contributed by atoms with Gasteiger partial charge in [0.15, 0.2) is 5.82 Å². The standard InChI is InChI=1S/C11H13N3OS/c1-11(2)5-6(11)9-13-10(15-14-9)8-7(12)3-4-16-8/h3-4,6H,5,12H2,1-2H3. The lowest BCUT2D eigenvalue weighted by atomic mass is 10.1. The Labute approximate surface area is 97.5 Å². The predicted octanol–water partition coefficient (Wildman–Crippen LogP) is 2.89. The number of hydrogen-bond donors (Lipinski definition) is 1. The van der Waals surface area contributed by atoms with E-state index in [1.54, 1.807) is 0 Å². The van der Waals surface area contributed by atoms with Gasteiger partial charge in [0.1, 0.15) is 4.88 Å². The Hall–Kier alpha value is -1.36. The quantitative estimate of drug-likeness (QED) is 0.869. The van der Waals surface area contributed by atoms with E-state index in [1.165, 1.54) is 11.3 Å². The largest absolute Gasteiger partial charge is 0.397 e. The van der Waals surface area contributed by atoms with Crippen molar-refractivity contribution in [2.24, 2.45) is 5.41 Å². The Balaban J connectivity index is 1.92. The molecule has 0 aliphatic heterocycles. The van der Waals surface area contributed by atoms with Crippen LogP contribution in [0.1, 0.15) is 32.0 Å². The van der Waals surface area contributed by atoms with Crippen LogP contribution in [0.4, 0.5) is 5.69 Å². The number of aromatic nitrogens is 2. The molecule has 1 aliphatic carbocycles. The van der Waals surface area contributed by atoms with Crippen molar-refractivity contribution in [2.75, 3.05) is 5.73 Å². The van der Waals surface area contributed by atoms with Gasteiger partial charge in [-0.2, -0.15) is 4.98 Å². The van der Waals surface area contributed by atoms with Crippen LogP contribution in [0, 0.1) is 5.41 Å². The van der Waals surface area contributed by atoms with Crippen LogP contribution in [0.15, 0.2) is 16.0 Å². The maximum atomic E-state index is 5.81. The molecule has 0 bridgehead atoms. The maximum absolute atomic E-state index is 5.81. The topological polar surface area (TPSA) is 64.9 Å². The van der Waals surface area contributed by atoms with Gasteiger partial charge in [-0.05, 0) is 23.3 Å². The van der Waals surface area contributed by atoms with Crippen LogP contribution in [-0.4, -0.2) is 10.1 Å². The Kier molecular flexibility index (Phi) is 1.89. The van der Waals surface area contributed by atoms with Crippen LogP contribution in [0.3, 0.4) is 0 Å². The second-order valence-electron chi connectivity index (χ2n) is 4.91. The summed E-state index contributed by atoms with van der Waals surface area (Å²) in [5, 5.41) is 5.96. The number of nitrogens with zero attached hydrogens (tertiary/aromatic N) is 2. The third-order valence-electron chi connectivity index (χ3n) is 3.16. The van der Waals surface area contributed by atoms with Gasteiger partial charge in [0, 0.05) is 5.92 Å².